The summed E-state index contributed by atoms with van der Waals surface area (Å²) >= 11 is 1.49. The maximum Gasteiger partial charge on any atom is 0.246 e. The number of thiophene rings is 1. The van der Waals surface area contributed by atoms with Gasteiger partial charge in [-0.2, -0.15) is 0 Å². The van der Waals surface area contributed by atoms with E-state index in [0.29, 0.717) is 12.0 Å². The normalized spacial score (nSPS) is 10.9. The summed E-state index contributed by atoms with van der Waals surface area (Å²) in [6.45, 7) is -0.0893. The number of nitrogens with zero attached hydrogens (tertiary/aromatic N) is 1. The maximum absolute atomic E-state index is 12.1. The molecule has 23 heavy (non-hydrogen) atoms. The molecule has 6 nitrogen and oxygen atoms in total. The molecule has 0 aliphatic carbocycles. The fourth-order valence-electron chi connectivity index (χ4n) is 1.79. The highest BCUT2D eigenvalue weighted by atomic mass is 32.1. The standard InChI is InChI=1S/C16H15N3O3S/c20-8-7-18-15(21)11-14(13-5-1-2-6-17-13)19-16(22)10-12-4-3-9-23-12/h1-6,8-9,11H,7,10H2,(H,18,21)(H,19,22). The highest BCUT2D eigenvalue weighted by molar-refractivity contribution is 7.10. The molecule has 2 heterocycles. The Labute approximate surface area is 137 Å². The summed E-state index contributed by atoms with van der Waals surface area (Å²) < 4.78 is 0. The highest BCUT2D eigenvalue weighted by Crippen LogP contribution is 2.11. The number of hydrogen-bond donors (Lipinski definition) is 2. The van der Waals surface area contributed by atoms with Gasteiger partial charge in [0.2, 0.25) is 11.8 Å². The zero-order valence-corrected chi connectivity index (χ0v) is 13.0. The number of aldehydes is 1. The number of nitrogens with one attached hydrogen (secondary N) is 2. The molecule has 7 heteroatoms. The lowest BCUT2D eigenvalue weighted by Gasteiger charge is -2.09. The van der Waals surface area contributed by atoms with E-state index in [0.717, 1.165) is 4.88 Å². The molecule has 118 valence electrons. The summed E-state index contributed by atoms with van der Waals surface area (Å²) in [5.41, 5.74) is 0.754. The average molecular weight is 329 g/mol. The Hall–Kier alpha value is -2.80. The van der Waals surface area contributed by atoms with Crippen LogP contribution in [-0.4, -0.2) is 29.6 Å². The molecule has 0 bridgehead atoms. The molecule has 0 unspecified atom stereocenters. The minimum atomic E-state index is -0.478. The lowest BCUT2D eigenvalue weighted by atomic mass is 10.2. The van der Waals surface area contributed by atoms with E-state index in [4.69, 9.17) is 0 Å². The van der Waals surface area contributed by atoms with Crippen molar-refractivity contribution in [3.8, 4) is 0 Å². The number of rotatable bonds is 7. The van der Waals surface area contributed by atoms with E-state index in [1.165, 1.54) is 17.4 Å². The van der Waals surface area contributed by atoms with Gasteiger partial charge in [0.15, 0.2) is 0 Å². The maximum atomic E-state index is 12.1. The smallest absolute Gasteiger partial charge is 0.246 e. The second kappa shape index (κ2) is 8.60. The average Bonchev–Trinajstić information content (AvgIpc) is 3.06. The molecule has 2 aromatic heterocycles. The van der Waals surface area contributed by atoms with Gasteiger partial charge in [0.25, 0.3) is 0 Å². The molecule has 0 atom stereocenters. The van der Waals surface area contributed by atoms with Crippen molar-refractivity contribution >= 4 is 35.1 Å². The van der Waals surface area contributed by atoms with Gasteiger partial charge >= 0.3 is 0 Å². The van der Waals surface area contributed by atoms with Crippen molar-refractivity contribution in [3.05, 3.63) is 58.6 Å². The van der Waals surface area contributed by atoms with Gasteiger partial charge in [0.05, 0.1) is 24.4 Å². The number of carbonyl (C=O) groups is 3. The lowest BCUT2D eigenvalue weighted by Crippen LogP contribution is -2.28. The van der Waals surface area contributed by atoms with Crippen molar-refractivity contribution in [3.63, 3.8) is 0 Å². The summed E-state index contributed by atoms with van der Waals surface area (Å²) in [5.74, 6) is -0.721. The fraction of sp³-hybridized carbons (Fsp3) is 0.125. The minimum absolute atomic E-state index is 0.0893. The van der Waals surface area contributed by atoms with Crippen LogP contribution in [0.3, 0.4) is 0 Å². The van der Waals surface area contributed by atoms with E-state index >= 15 is 0 Å². The molecule has 2 amide bonds. The summed E-state index contributed by atoms with van der Waals surface area (Å²) in [5, 5.41) is 6.98. The van der Waals surface area contributed by atoms with E-state index in [-0.39, 0.29) is 24.6 Å². The number of amides is 2. The first kappa shape index (κ1) is 16.6. The van der Waals surface area contributed by atoms with Crippen LogP contribution in [0.25, 0.3) is 5.70 Å². The quantitative estimate of drug-likeness (QED) is 0.589. The van der Waals surface area contributed by atoms with Crippen molar-refractivity contribution in [2.75, 3.05) is 6.54 Å². The van der Waals surface area contributed by atoms with Crippen LogP contribution >= 0.6 is 11.3 Å². The Bertz CT molecular complexity index is 697. The fourth-order valence-corrected chi connectivity index (χ4v) is 2.49. The van der Waals surface area contributed by atoms with Crippen LogP contribution in [0.4, 0.5) is 0 Å². The van der Waals surface area contributed by atoms with Crippen LogP contribution in [0.5, 0.6) is 0 Å². The molecule has 2 aromatic rings. The first-order chi connectivity index (χ1) is 11.2. The summed E-state index contributed by atoms with van der Waals surface area (Å²) in [7, 11) is 0. The largest absolute Gasteiger partial charge is 0.346 e. The Morgan fingerprint density at radius 2 is 2.09 bits per heavy atom. The van der Waals surface area contributed by atoms with E-state index in [2.05, 4.69) is 15.6 Å². The number of pyridine rings is 1. The first-order valence-electron chi connectivity index (χ1n) is 6.86. The van der Waals surface area contributed by atoms with Crippen molar-refractivity contribution in [1.82, 2.24) is 15.6 Å². The predicted octanol–water partition coefficient (Wildman–Crippen LogP) is 1.16. The van der Waals surface area contributed by atoms with E-state index in [1.54, 1.807) is 24.4 Å². The SMILES string of the molecule is O=CCNC(=O)C=C(NC(=O)Cc1cccs1)c1ccccn1. The van der Waals surface area contributed by atoms with Crippen molar-refractivity contribution in [1.29, 1.82) is 0 Å². The van der Waals surface area contributed by atoms with Gasteiger partial charge in [0.1, 0.15) is 6.29 Å². The molecule has 0 saturated heterocycles. The molecular weight excluding hydrogens is 314 g/mol. The second-order valence-electron chi connectivity index (χ2n) is 4.49. The number of aromatic nitrogens is 1. The molecular formula is C16H15N3O3S. The molecule has 0 saturated carbocycles. The van der Waals surface area contributed by atoms with Crippen LogP contribution < -0.4 is 10.6 Å². The van der Waals surface area contributed by atoms with Gasteiger partial charge in [-0.25, -0.2) is 0 Å². The predicted molar refractivity (Wildman–Crippen MR) is 87.5 cm³/mol. The molecule has 0 fully saturated rings. The van der Waals surface area contributed by atoms with Crippen LogP contribution in [0.2, 0.25) is 0 Å². The zero-order valence-electron chi connectivity index (χ0n) is 12.2. The Balaban J connectivity index is 2.13. The second-order valence-corrected chi connectivity index (χ2v) is 5.52. The van der Waals surface area contributed by atoms with Crippen LogP contribution in [0.15, 0.2) is 48.0 Å². The minimum Gasteiger partial charge on any atom is -0.346 e. The number of hydrogen-bond acceptors (Lipinski definition) is 5. The zero-order chi connectivity index (χ0) is 16.5. The van der Waals surface area contributed by atoms with Gasteiger partial charge in [-0.05, 0) is 23.6 Å². The van der Waals surface area contributed by atoms with Gasteiger partial charge in [-0.3, -0.25) is 14.6 Å². The summed E-state index contributed by atoms with van der Waals surface area (Å²) in [6.07, 6.45) is 3.59. The number of carbonyl (C=O) groups excluding carboxylic acids is 3. The molecule has 2 N–H and O–H groups in total. The molecule has 0 aliphatic rings. The molecule has 0 radical (unpaired) electrons. The van der Waals surface area contributed by atoms with E-state index in [1.807, 2.05) is 17.5 Å². The first-order valence-corrected chi connectivity index (χ1v) is 7.74. The molecule has 0 aromatic carbocycles. The van der Waals surface area contributed by atoms with Gasteiger partial charge in [0, 0.05) is 17.2 Å². The molecule has 0 aliphatic heterocycles. The van der Waals surface area contributed by atoms with Crippen LogP contribution in [-0.2, 0) is 20.8 Å². The molecule has 2 rings (SSSR count). The lowest BCUT2D eigenvalue weighted by molar-refractivity contribution is -0.119. The summed E-state index contributed by atoms with van der Waals surface area (Å²) in [6, 6.07) is 8.91. The van der Waals surface area contributed by atoms with E-state index < -0.39 is 5.91 Å². The van der Waals surface area contributed by atoms with Gasteiger partial charge in [-0.1, -0.05) is 12.1 Å². The molecule has 0 spiro atoms. The van der Waals surface area contributed by atoms with Gasteiger partial charge < -0.3 is 15.4 Å². The van der Waals surface area contributed by atoms with Crippen LogP contribution in [0, 0.1) is 0 Å². The Morgan fingerprint density at radius 1 is 1.22 bits per heavy atom. The van der Waals surface area contributed by atoms with Crippen molar-refractivity contribution in [2.45, 2.75) is 6.42 Å². The van der Waals surface area contributed by atoms with Crippen molar-refractivity contribution in [2.24, 2.45) is 0 Å². The van der Waals surface area contributed by atoms with Gasteiger partial charge in [-0.15, -0.1) is 11.3 Å². The third-order valence-electron chi connectivity index (χ3n) is 2.76. The Kier molecular flexibility index (Phi) is 6.19. The highest BCUT2D eigenvalue weighted by Gasteiger charge is 2.11. The topological polar surface area (TPSA) is 88.2 Å². The van der Waals surface area contributed by atoms with E-state index in [9.17, 15) is 14.4 Å². The monoisotopic (exact) mass is 329 g/mol. The third-order valence-corrected chi connectivity index (χ3v) is 3.64. The summed E-state index contributed by atoms with van der Waals surface area (Å²) in [4.78, 5) is 39.3. The third kappa shape index (κ3) is 5.48. The van der Waals surface area contributed by atoms with Crippen molar-refractivity contribution < 1.29 is 14.4 Å². The van der Waals surface area contributed by atoms with Crippen LogP contribution in [0.1, 0.15) is 10.6 Å². The Morgan fingerprint density at radius 3 is 2.74 bits per heavy atom.